The van der Waals surface area contributed by atoms with E-state index in [2.05, 4.69) is 0 Å². The fourth-order valence-corrected chi connectivity index (χ4v) is 1.49. The number of alkyl halides is 3. The van der Waals surface area contributed by atoms with Crippen LogP contribution in [0.3, 0.4) is 0 Å². The topological polar surface area (TPSA) is 63.3 Å². The molecule has 88 valence electrons. The maximum atomic E-state index is 12.4. The summed E-state index contributed by atoms with van der Waals surface area (Å²) in [4.78, 5) is 10.5. The molecule has 3 N–H and O–H groups in total. The van der Waals surface area contributed by atoms with Gasteiger partial charge in [0, 0.05) is 0 Å². The van der Waals surface area contributed by atoms with Gasteiger partial charge in [-0.15, -0.1) is 0 Å². The summed E-state index contributed by atoms with van der Waals surface area (Å²) in [7, 11) is 0. The molecule has 1 aromatic rings. The zero-order valence-corrected chi connectivity index (χ0v) is 8.51. The van der Waals surface area contributed by atoms with Crippen LogP contribution in [0.1, 0.15) is 17.2 Å². The number of hydrogen-bond acceptors (Lipinski definition) is 2. The van der Waals surface area contributed by atoms with Gasteiger partial charge in [-0.1, -0.05) is 23.7 Å². The van der Waals surface area contributed by atoms with Crippen LogP contribution in [0.25, 0.3) is 0 Å². The molecular formula is C9H7ClF3NO2. The third-order valence-corrected chi connectivity index (χ3v) is 2.36. The molecule has 0 fully saturated rings. The molecule has 7 heteroatoms. The summed E-state index contributed by atoms with van der Waals surface area (Å²) in [5.74, 6) is -1.44. The fourth-order valence-electron chi connectivity index (χ4n) is 1.14. The molecule has 16 heavy (non-hydrogen) atoms. The van der Waals surface area contributed by atoms with Crippen LogP contribution in [0.15, 0.2) is 18.2 Å². The van der Waals surface area contributed by atoms with Crippen molar-refractivity contribution in [3.05, 3.63) is 34.3 Å². The molecule has 0 aliphatic heterocycles. The lowest BCUT2D eigenvalue weighted by molar-refractivity contribution is -0.140. The zero-order chi connectivity index (χ0) is 12.5. The summed E-state index contributed by atoms with van der Waals surface area (Å²) in [5, 5.41) is 7.91. The predicted molar refractivity (Wildman–Crippen MR) is 51.0 cm³/mol. The van der Waals surface area contributed by atoms with Crippen molar-refractivity contribution in [3.63, 3.8) is 0 Å². The van der Waals surface area contributed by atoms with Crippen LogP contribution in [0.2, 0.25) is 5.02 Å². The summed E-state index contributed by atoms with van der Waals surface area (Å²) in [6.07, 6.45) is -4.63. The van der Waals surface area contributed by atoms with Gasteiger partial charge in [0.2, 0.25) is 0 Å². The minimum absolute atomic E-state index is 0.260. The van der Waals surface area contributed by atoms with Crippen molar-refractivity contribution in [1.82, 2.24) is 0 Å². The Morgan fingerprint density at radius 1 is 1.44 bits per heavy atom. The molecule has 3 nitrogen and oxygen atoms in total. The van der Waals surface area contributed by atoms with Gasteiger partial charge in [0.25, 0.3) is 0 Å². The van der Waals surface area contributed by atoms with E-state index in [-0.39, 0.29) is 5.56 Å². The number of nitrogens with two attached hydrogens (primary N) is 1. The Morgan fingerprint density at radius 2 is 2.00 bits per heavy atom. The molecule has 0 heterocycles. The van der Waals surface area contributed by atoms with Gasteiger partial charge in [-0.3, -0.25) is 4.79 Å². The standard InChI is InChI=1S/C9H7ClF3NO2/c10-6-4(7(14)8(15)16)2-1-3-5(6)9(11,12)13/h1-3,7H,14H2,(H,15,16)/t7-/m1/s1. The first-order valence-electron chi connectivity index (χ1n) is 4.09. The molecule has 0 bridgehead atoms. The molecule has 0 radical (unpaired) electrons. The monoisotopic (exact) mass is 253 g/mol. The number of carbonyl (C=O) groups is 1. The number of benzene rings is 1. The summed E-state index contributed by atoms with van der Waals surface area (Å²) >= 11 is 5.47. The van der Waals surface area contributed by atoms with Crippen LogP contribution in [0.4, 0.5) is 13.2 Å². The first-order chi connectivity index (χ1) is 7.25. The van der Waals surface area contributed by atoms with Crippen molar-refractivity contribution < 1.29 is 23.1 Å². The van der Waals surface area contributed by atoms with E-state index in [4.69, 9.17) is 22.4 Å². The second kappa shape index (κ2) is 4.31. The van der Waals surface area contributed by atoms with Gasteiger partial charge >= 0.3 is 12.1 Å². The van der Waals surface area contributed by atoms with Crippen LogP contribution in [0.5, 0.6) is 0 Å². The fraction of sp³-hybridized carbons (Fsp3) is 0.222. The average Bonchev–Trinajstić information content (AvgIpc) is 2.15. The smallest absolute Gasteiger partial charge is 0.417 e. The third-order valence-electron chi connectivity index (χ3n) is 1.94. The minimum atomic E-state index is -4.63. The first kappa shape index (κ1) is 12.8. The van der Waals surface area contributed by atoms with Gasteiger partial charge in [-0.2, -0.15) is 13.2 Å². The predicted octanol–water partition coefficient (Wildman–Crippen LogP) is 2.44. The van der Waals surface area contributed by atoms with Crippen LogP contribution in [-0.4, -0.2) is 11.1 Å². The number of hydrogen-bond donors (Lipinski definition) is 2. The van der Waals surface area contributed by atoms with E-state index >= 15 is 0 Å². The maximum absolute atomic E-state index is 12.4. The summed E-state index contributed by atoms with van der Waals surface area (Å²) in [5.41, 5.74) is 3.85. The molecule has 1 atom stereocenters. The van der Waals surface area contributed by atoms with E-state index in [1.165, 1.54) is 0 Å². The number of aliphatic carboxylic acids is 1. The maximum Gasteiger partial charge on any atom is 0.417 e. The quantitative estimate of drug-likeness (QED) is 0.851. The molecule has 0 aliphatic rings. The summed E-state index contributed by atoms with van der Waals surface area (Å²) in [6.45, 7) is 0. The van der Waals surface area contributed by atoms with Crippen LogP contribution >= 0.6 is 11.6 Å². The Hall–Kier alpha value is -1.27. The largest absolute Gasteiger partial charge is 0.480 e. The third kappa shape index (κ3) is 2.45. The van der Waals surface area contributed by atoms with Crippen molar-refractivity contribution in [2.24, 2.45) is 5.73 Å². The van der Waals surface area contributed by atoms with Crippen LogP contribution in [0, 0.1) is 0 Å². The molecular weight excluding hydrogens is 247 g/mol. The number of carboxylic acid groups (broad SMARTS) is 1. The molecule has 0 saturated heterocycles. The lowest BCUT2D eigenvalue weighted by Gasteiger charge is -2.14. The van der Waals surface area contributed by atoms with E-state index in [1.54, 1.807) is 0 Å². The Morgan fingerprint density at radius 3 is 2.44 bits per heavy atom. The van der Waals surface area contributed by atoms with Crippen LogP contribution < -0.4 is 5.73 Å². The highest BCUT2D eigenvalue weighted by molar-refractivity contribution is 6.32. The van der Waals surface area contributed by atoms with E-state index in [1.807, 2.05) is 0 Å². The molecule has 0 saturated carbocycles. The Balaban J connectivity index is 3.30. The van der Waals surface area contributed by atoms with Crippen LogP contribution in [-0.2, 0) is 11.0 Å². The summed E-state index contributed by atoms with van der Waals surface area (Å²) < 4.78 is 37.3. The van der Waals surface area contributed by atoms with Crippen molar-refractivity contribution in [3.8, 4) is 0 Å². The first-order valence-corrected chi connectivity index (χ1v) is 4.47. The molecule has 0 aliphatic carbocycles. The highest BCUT2D eigenvalue weighted by atomic mass is 35.5. The van der Waals surface area contributed by atoms with E-state index < -0.39 is 28.8 Å². The molecule has 1 aromatic carbocycles. The van der Waals surface area contributed by atoms with E-state index in [9.17, 15) is 18.0 Å². The molecule has 0 unspecified atom stereocenters. The minimum Gasteiger partial charge on any atom is -0.480 e. The Kier molecular flexibility index (Phi) is 3.44. The molecule has 1 rings (SSSR count). The molecule has 0 aromatic heterocycles. The Bertz CT molecular complexity index is 420. The highest BCUT2D eigenvalue weighted by Crippen LogP contribution is 2.37. The number of halogens is 4. The number of carboxylic acids is 1. The highest BCUT2D eigenvalue weighted by Gasteiger charge is 2.35. The van der Waals surface area contributed by atoms with Gasteiger partial charge < -0.3 is 10.8 Å². The second-order valence-corrected chi connectivity index (χ2v) is 3.40. The van der Waals surface area contributed by atoms with Gasteiger partial charge in [-0.05, 0) is 11.6 Å². The normalized spacial score (nSPS) is 13.6. The van der Waals surface area contributed by atoms with Crippen molar-refractivity contribution in [2.75, 3.05) is 0 Å². The van der Waals surface area contributed by atoms with Gasteiger partial charge in [0.05, 0.1) is 10.6 Å². The van der Waals surface area contributed by atoms with Crippen molar-refractivity contribution >= 4 is 17.6 Å². The van der Waals surface area contributed by atoms with Crippen molar-refractivity contribution in [2.45, 2.75) is 12.2 Å². The molecule has 0 spiro atoms. The van der Waals surface area contributed by atoms with Gasteiger partial charge in [-0.25, -0.2) is 0 Å². The van der Waals surface area contributed by atoms with E-state index in [0.29, 0.717) is 0 Å². The van der Waals surface area contributed by atoms with E-state index in [0.717, 1.165) is 18.2 Å². The number of rotatable bonds is 2. The average molecular weight is 254 g/mol. The zero-order valence-electron chi connectivity index (χ0n) is 7.75. The van der Waals surface area contributed by atoms with Gasteiger partial charge in [0.15, 0.2) is 0 Å². The summed E-state index contributed by atoms with van der Waals surface area (Å²) in [6, 6.07) is 1.40. The van der Waals surface area contributed by atoms with Crippen molar-refractivity contribution in [1.29, 1.82) is 0 Å². The SMILES string of the molecule is N[C@@H](C(=O)O)c1cccc(C(F)(F)F)c1Cl. The lowest BCUT2D eigenvalue weighted by Crippen LogP contribution is -2.22. The Labute approximate surface area is 93.6 Å². The second-order valence-electron chi connectivity index (χ2n) is 3.02. The lowest BCUT2D eigenvalue weighted by atomic mass is 10.0. The molecule has 0 amide bonds. The van der Waals surface area contributed by atoms with Gasteiger partial charge in [0.1, 0.15) is 6.04 Å².